The maximum Gasteiger partial charge on any atom is 0.341 e. The number of hydrogen-bond donors (Lipinski definition) is 1. The molecule has 3 aromatic rings. The van der Waals surface area contributed by atoms with E-state index in [2.05, 4.69) is 14.9 Å². The van der Waals surface area contributed by atoms with Gasteiger partial charge in [-0.2, -0.15) is 0 Å². The van der Waals surface area contributed by atoms with Crippen LogP contribution in [0.3, 0.4) is 0 Å². The first-order valence-electron chi connectivity index (χ1n) is 8.52. The molecule has 0 fully saturated rings. The minimum Gasteiger partial charge on any atom is -0.497 e. The summed E-state index contributed by atoms with van der Waals surface area (Å²) in [7, 11) is -1.98. The number of nitrogens with one attached hydrogen (secondary N) is 1. The minimum atomic E-state index is -3.55. The maximum absolute atomic E-state index is 12.5. The predicted molar refractivity (Wildman–Crippen MR) is 105 cm³/mol. The van der Waals surface area contributed by atoms with Crippen molar-refractivity contribution in [2.45, 2.75) is 13.0 Å². The summed E-state index contributed by atoms with van der Waals surface area (Å²) in [5.74, 6) is 0.341. The highest BCUT2D eigenvalue weighted by Crippen LogP contribution is 2.26. The Morgan fingerprint density at radius 2 is 1.79 bits per heavy atom. The molecule has 0 radical (unpaired) electrons. The Hall–Kier alpha value is -3.40. The number of benzene rings is 2. The van der Waals surface area contributed by atoms with Crippen molar-refractivity contribution in [2.24, 2.45) is 0 Å². The first kappa shape index (κ1) is 20.3. The van der Waals surface area contributed by atoms with Gasteiger partial charge >= 0.3 is 5.97 Å². The third-order valence-electron chi connectivity index (χ3n) is 3.85. The third kappa shape index (κ3) is 5.11. The molecule has 3 rings (SSSR count). The lowest BCUT2D eigenvalue weighted by molar-refractivity contribution is 0.0281. The molecule has 9 nitrogen and oxygen atoms in total. The summed E-state index contributed by atoms with van der Waals surface area (Å²) in [4.78, 5) is 12.5. The van der Waals surface area contributed by atoms with Crippen molar-refractivity contribution in [3.8, 4) is 17.2 Å². The first-order valence-corrected chi connectivity index (χ1v) is 10.4. The Balaban J connectivity index is 1.75. The van der Waals surface area contributed by atoms with Crippen LogP contribution in [0.15, 0.2) is 52.9 Å². The summed E-state index contributed by atoms with van der Waals surface area (Å²) < 4.78 is 41.4. The number of carbonyl (C=O) groups is 1. The van der Waals surface area contributed by atoms with Crippen LogP contribution in [0, 0.1) is 0 Å². The molecule has 0 aliphatic heterocycles. The van der Waals surface area contributed by atoms with E-state index in [1.165, 1.54) is 12.1 Å². The van der Waals surface area contributed by atoms with E-state index < -0.39 is 22.1 Å². The predicted octanol–water partition coefficient (Wildman–Crippen LogP) is 3.03. The molecule has 1 aromatic heterocycles. The van der Waals surface area contributed by atoms with Crippen LogP contribution >= 0.6 is 0 Å². The van der Waals surface area contributed by atoms with Crippen LogP contribution < -0.4 is 9.46 Å². The molecule has 0 saturated carbocycles. The van der Waals surface area contributed by atoms with Gasteiger partial charge in [0.05, 0.1) is 24.6 Å². The molecule has 0 bridgehead atoms. The fourth-order valence-corrected chi connectivity index (χ4v) is 3.05. The van der Waals surface area contributed by atoms with Gasteiger partial charge in [-0.25, -0.2) is 13.2 Å². The van der Waals surface area contributed by atoms with E-state index in [1.807, 2.05) is 0 Å². The lowest BCUT2D eigenvalue weighted by Crippen LogP contribution is -2.15. The van der Waals surface area contributed by atoms with E-state index in [0.717, 1.165) is 6.26 Å². The average molecular weight is 417 g/mol. The normalized spacial score (nSPS) is 12.2. The Labute approximate surface area is 167 Å². The largest absolute Gasteiger partial charge is 0.497 e. The molecule has 0 spiro atoms. The number of nitrogens with zero attached hydrogens (tertiary/aromatic N) is 2. The van der Waals surface area contributed by atoms with Gasteiger partial charge in [-0.1, -0.05) is 12.1 Å². The van der Waals surface area contributed by atoms with Gasteiger partial charge in [0.15, 0.2) is 6.10 Å². The quantitative estimate of drug-likeness (QED) is 0.582. The second-order valence-corrected chi connectivity index (χ2v) is 7.89. The van der Waals surface area contributed by atoms with Gasteiger partial charge in [-0.05, 0) is 43.3 Å². The van der Waals surface area contributed by atoms with Crippen molar-refractivity contribution in [1.82, 2.24) is 10.2 Å². The molecule has 1 atom stereocenters. The number of sulfonamides is 1. The molecule has 1 unspecified atom stereocenters. The van der Waals surface area contributed by atoms with E-state index in [-0.39, 0.29) is 23.0 Å². The molecule has 2 aromatic carbocycles. The lowest BCUT2D eigenvalue weighted by Gasteiger charge is -2.12. The smallest absolute Gasteiger partial charge is 0.341 e. The number of aromatic nitrogens is 2. The Kier molecular flexibility index (Phi) is 5.83. The minimum absolute atomic E-state index is 0.0691. The molecule has 1 heterocycles. The van der Waals surface area contributed by atoms with Crippen LogP contribution in [0.4, 0.5) is 5.69 Å². The van der Waals surface area contributed by atoms with Gasteiger partial charge in [0.25, 0.3) is 5.89 Å². The maximum atomic E-state index is 12.5. The first-order chi connectivity index (χ1) is 13.8. The summed E-state index contributed by atoms with van der Waals surface area (Å²) >= 11 is 0. The number of ether oxygens (including phenoxy) is 2. The van der Waals surface area contributed by atoms with Gasteiger partial charge in [-0.3, -0.25) is 4.72 Å². The average Bonchev–Trinajstić information content (AvgIpc) is 3.17. The molecule has 0 saturated heterocycles. The van der Waals surface area contributed by atoms with Crippen molar-refractivity contribution in [2.75, 3.05) is 18.1 Å². The van der Waals surface area contributed by atoms with Gasteiger partial charge in [0.2, 0.25) is 15.9 Å². The molecular formula is C19H19N3O6S. The molecule has 0 aliphatic carbocycles. The highest BCUT2D eigenvalue weighted by atomic mass is 32.2. The Morgan fingerprint density at radius 3 is 2.45 bits per heavy atom. The van der Waals surface area contributed by atoms with Crippen molar-refractivity contribution < 1.29 is 27.1 Å². The molecule has 10 heteroatoms. The molecule has 0 aliphatic rings. The summed E-state index contributed by atoms with van der Waals surface area (Å²) in [5, 5.41) is 7.90. The number of anilines is 1. The molecule has 29 heavy (non-hydrogen) atoms. The van der Waals surface area contributed by atoms with Crippen LogP contribution in [0.5, 0.6) is 5.75 Å². The summed E-state index contributed by atoms with van der Waals surface area (Å²) in [5.41, 5.74) is 0.877. The van der Waals surface area contributed by atoms with E-state index >= 15 is 0 Å². The van der Waals surface area contributed by atoms with E-state index in [0.29, 0.717) is 11.3 Å². The van der Waals surface area contributed by atoms with Crippen molar-refractivity contribution >= 4 is 21.7 Å². The van der Waals surface area contributed by atoms with Crippen LogP contribution in [0.25, 0.3) is 11.5 Å². The number of carbonyl (C=O) groups excluding carboxylic acids is 1. The van der Waals surface area contributed by atoms with Crippen molar-refractivity contribution in [3.63, 3.8) is 0 Å². The third-order valence-corrected chi connectivity index (χ3v) is 4.44. The van der Waals surface area contributed by atoms with Gasteiger partial charge in [-0.15, -0.1) is 10.2 Å². The monoisotopic (exact) mass is 417 g/mol. The number of rotatable bonds is 7. The van der Waals surface area contributed by atoms with Crippen LogP contribution in [-0.2, 0) is 14.8 Å². The summed E-state index contributed by atoms with van der Waals surface area (Å²) in [6.07, 6.45) is 0.157. The van der Waals surface area contributed by atoms with Crippen molar-refractivity contribution in [1.29, 1.82) is 0 Å². The highest BCUT2D eigenvalue weighted by molar-refractivity contribution is 7.92. The fourth-order valence-electron chi connectivity index (χ4n) is 2.47. The zero-order valence-electron chi connectivity index (χ0n) is 15.9. The van der Waals surface area contributed by atoms with Crippen LogP contribution in [-0.4, -0.2) is 38.0 Å². The van der Waals surface area contributed by atoms with Crippen LogP contribution in [0.1, 0.15) is 29.3 Å². The number of methoxy groups -OCH3 is 1. The Morgan fingerprint density at radius 1 is 1.10 bits per heavy atom. The van der Waals surface area contributed by atoms with Crippen molar-refractivity contribution in [3.05, 3.63) is 60.0 Å². The van der Waals surface area contributed by atoms with E-state index in [9.17, 15) is 13.2 Å². The van der Waals surface area contributed by atoms with Gasteiger partial charge < -0.3 is 13.9 Å². The highest BCUT2D eigenvalue weighted by Gasteiger charge is 2.22. The standard InChI is InChI=1S/C19H19N3O6S/c1-12(17-20-21-18(28-17)13-8-10-14(26-2)11-9-13)27-19(23)15-6-4-5-7-16(15)22-29(3,24)25/h4-12,22H,1-3H3. The summed E-state index contributed by atoms with van der Waals surface area (Å²) in [6.45, 7) is 1.58. The van der Waals surface area contributed by atoms with Crippen LogP contribution in [0.2, 0.25) is 0 Å². The van der Waals surface area contributed by atoms with Gasteiger partial charge in [0, 0.05) is 5.56 Å². The van der Waals surface area contributed by atoms with E-state index in [1.54, 1.807) is 50.4 Å². The molecule has 152 valence electrons. The molecule has 0 amide bonds. The summed E-state index contributed by atoms with van der Waals surface area (Å²) in [6, 6.07) is 13.2. The van der Waals surface area contributed by atoms with Gasteiger partial charge in [0.1, 0.15) is 5.75 Å². The SMILES string of the molecule is COc1ccc(-c2nnc(C(C)OC(=O)c3ccccc3NS(C)(=O)=O)o2)cc1. The number of para-hydroxylation sites is 1. The van der Waals surface area contributed by atoms with E-state index in [4.69, 9.17) is 13.9 Å². The lowest BCUT2D eigenvalue weighted by atomic mass is 10.2. The topological polar surface area (TPSA) is 121 Å². The molecular weight excluding hydrogens is 398 g/mol. The zero-order chi connectivity index (χ0) is 21.0. The Bertz CT molecular complexity index is 1110. The second kappa shape index (κ2) is 8.31. The second-order valence-electron chi connectivity index (χ2n) is 6.14. The number of hydrogen-bond acceptors (Lipinski definition) is 8. The fraction of sp³-hybridized carbons (Fsp3) is 0.211. The zero-order valence-corrected chi connectivity index (χ0v) is 16.8. The molecule has 1 N–H and O–H groups in total. The number of esters is 1.